The van der Waals surface area contributed by atoms with Crippen LogP contribution in [0.15, 0.2) is 40.1 Å². The molecule has 0 aliphatic carbocycles. The van der Waals surface area contributed by atoms with Crippen LogP contribution in [0.1, 0.15) is 12.0 Å². The van der Waals surface area contributed by atoms with Crippen LogP contribution in [0.2, 0.25) is 0 Å². The summed E-state index contributed by atoms with van der Waals surface area (Å²) in [6.45, 7) is -2.16. The molecular formula is C16H17FN3O9P. The van der Waals surface area contributed by atoms with Crippen molar-refractivity contribution in [3.05, 3.63) is 56.9 Å². The number of aromatic nitrogens is 3. The molecule has 4 rings (SSSR count). The molecule has 0 bridgehead atoms. The maximum Gasteiger partial charge on any atom is 0.530 e. The number of nitrogens with one attached hydrogen (secondary N) is 1. The Morgan fingerprint density at radius 2 is 2.17 bits per heavy atom. The number of nitrogens with zero attached hydrogens (tertiary/aromatic N) is 2. The lowest BCUT2D eigenvalue weighted by Gasteiger charge is -2.31. The van der Waals surface area contributed by atoms with Crippen LogP contribution >= 0.6 is 7.82 Å². The zero-order valence-electron chi connectivity index (χ0n) is 15.3. The van der Waals surface area contributed by atoms with Gasteiger partial charge in [0.15, 0.2) is 0 Å². The number of hydrogen-bond donors (Lipinski definition) is 3. The molecule has 12 nitrogen and oxygen atoms in total. The molecule has 3 heterocycles. The van der Waals surface area contributed by atoms with Crippen LogP contribution in [-0.2, 0) is 30.7 Å². The molecule has 1 unspecified atom stereocenters. The summed E-state index contributed by atoms with van der Waals surface area (Å²) in [5.74, 6) is -2.54. The zero-order valence-corrected chi connectivity index (χ0v) is 16.2. The standard InChI is InChI=1S/C16H17FN3O9P/c17-15(9-27-30(25)26-7-10-3-1-2-4-11(10)28-30)5-12(22)16(8-21,29-15)20-14(24)19-13(23)6-18-20/h1-4,6,12,21-22H,5,7-9H2,(H,19,23,24)/t12-,15+,16-,30?/m1/s1. The highest BCUT2D eigenvalue weighted by Gasteiger charge is 2.60. The van der Waals surface area contributed by atoms with Gasteiger partial charge >= 0.3 is 13.5 Å². The highest BCUT2D eigenvalue weighted by Crippen LogP contribution is 2.55. The summed E-state index contributed by atoms with van der Waals surface area (Å²) in [6, 6.07) is 6.61. The van der Waals surface area contributed by atoms with Crippen LogP contribution in [0.25, 0.3) is 0 Å². The van der Waals surface area contributed by atoms with E-state index < -0.39 is 56.4 Å². The second-order valence-electron chi connectivity index (χ2n) is 6.75. The first kappa shape index (κ1) is 20.8. The summed E-state index contributed by atoms with van der Waals surface area (Å²) < 4.78 is 48.9. The summed E-state index contributed by atoms with van der Waals surface area (Å²) in [5.41, 5.74) is -3.69. The van der Waals surface area contributed by atoms with E-state index in [-0.39, 0.29) is 12.4 Å². The SMILES string of the molecule is O=c1cnn([C@]2(CO)O[C@](F)(COP3(=O)OCc4ccccc4O3)C[C@H]2O)c(=O)[nH]1. The van der Waals surface area contributed by atoms with Gasteiger partial charge in [-0.15, -0.1) is 0 Å². The number of halogens is 1. The number of benzene rings is 1. The fraction of sp³-hybridized carbons (Fsp3) is 0.438. The Morgan fingerprint density at radius 1 is 1.40 bits per heavy atom. The predicted molar refractivity (Wildman–Crippen MR) is 95.1 cm³/mol. The molecule has 4 atom stereocenters. The third-order valence-corrected chi connectivity index (χ3v) is 5.99. The molecule has 3 N–H and O–H groups in total. The van der Waals surface area contributed by atoms with Gasteiger partial charge in [-0.1, -0.05) is 18.2 Å². The molecule has 1 aromatic carbocycles. The summed E-state index contributed by atoms with van der Waals surface area (Å²) >= 11 is 0. The average Bonchev–Trinajstić information content (AvgIpc) is 2.98. The van der Waals surface area contributed by atoms with Crippen molar-refractivity contribution < 1.29 is 37.5 Å². The Bertz CT molecular complexity index is 1120. The molecule has 1 saturated heterocycles. The van der Waals surface area contributed by atoms with Crippen LogP contribution in [0.5, 0.6) is 5.75 Å². The summed E-state index contributed by atoms with van der Waals surface area (Å²) in [7, 11) is -4.19. The van der Waals surface area contributed by atoms with Crippen LogP contribution in [0.3, 0.4) is 0 Å². The van der Waals surface area contributed by atoms with E-state index in [1.807, 2.05) is 4.98 Å². The number of aromatic amines is 1. The Morgan fingerprint density at radius 3 is 2.90 bits per heavy atom. The van der Waals surface area contributed by atoms with Crippen molar-refractivity contribution in [1.29, 1.82) is 0 Å². The third kappa shape index (κ3) is 3.60. The topological polar surface area (TPSA) is 162 Å². The highest BCUT2D eigenvalue weighted by molar-refractivity contribution is 7.49. The quantitative estimate of drug-likeness (QED) is 0.524. The number of aliphatic hydroxyl groups excluding tert-OH is 2. The molecule has 0 radical (unpaired) electrons. The van der Waals surface area contributed by atoms with E-state index in [0.29, 0.717) is 16.4 Å². The fourth-order valence-electron chi connectivity index (χ4n) is 3.22. The van der Waals surface area contributed by atoms with Gasteiger partial charge in [-0.25, -0.2) is 13.8 Å². The van der Waals surface area contributed by atoms with E-state index in [1.54, 1.807) is 24.3 Å². The van der Waals surface area contributed by atoms with Crippen LogP contribution in [-0.4, -0.2) is 50.2 Å². The van der Waals surface area contributed by atoms with Crippen LogP contribution in [0.4, 0.5) is 4.39 Å². The number of aliphatic hydroxyl groups is 2. The number of para-hydroxylation sites is 1. The predicted octanol–water partition coefficient (Wildman–Crippen LogP) is -0.242. The first-order valence-electron chi connectivity index (χ1n) is 8.72. The van der Waals surface area contributed by atoms with Crippen molar-refractivity contribution in [2.24, 2.45) is 0 Å². The summed E-state index contributed by atoms with van der Waals surface area (Å²) in [6.07, 6.45) is -1.83. The van der Waals surface area contributed by atoms with Crippen molar-refractivity contribution in [3.63, 3.8) is 0 Å². The van der Waals surface area contributed by atoms with Gasteiger partial charge in [0.1, 0.15) is 24.7 Å². The van der Waals surface area contributed by atoms with Crippen molar-refractivity contribution in [3.8, 4) is 5.75 Å². The molecule has 14 heteroatoms. The van der Waals surface area contributed by atoms with E-state index in [0.717, 1.165) is 0 Å². The van der Waals surface area contributed by atoms with Crippen molar-refractivity contribution >= 4 is 7.82 Å². The lowest BCUT2D eigenvalue weighted by Crippen LogP contribution is -2.54. The Hall–Kier alpha value is -2.41. The molecule has 0 spiro atoms. The lowest BCUT2D eigenvalue weighted by molar-refractivity contribution is -0.250. The largest absolute Gasteiger partial charge is 0.530 e. The Labute approximate surface area is 167 Å². The van der Waals surface area contributed by atoms with E-state index in [1.165, 1.54) is 0 Å². The number of phosphoric ester groups is 1. The molecule has 2 aliphatic rings. The van der Waals surface area contributed by atoms with Crippen molar-refractivity contribution in [2.45, 2.75) is 30.7 Å². The molecule has 1 fully saturated rings. The molecule has 2 aromatic rings. The van der Waals surface area contributed by atoms with Crippen molar-refractivity contribution in [1.82, 2.24) is 14.8 Å². The first-order valence-corrected chi connectivity index (χ1v) is 10.2. The van der Waals surface area contributed by atoms with Gasteiger partial charge in [0.25, 0.3) is 5.56 Å². The van der Waals surface area contributed by atoms with Gasteiger partial charge in [0.2, 0.25) is 11.6 Å². The monoisotopic (exact) mass is 445 g/mol. The van der Waals surface area contributed by atoms with Crippen LogP contribution < -0.4 is 15.8 Å². The van der Waals surface area contributed by atoms with E-state index >= 15 is 4.39 Å². The highest BCUT2D eigenvalue weighted by atomic mass is 31.2. The van der Waals surface area contributed by atoms with Crippen LogP contribution in [0, 0.1) is 0 Å². The van der Waals surface area contributed by atoms with E-state index in [2.05, 4.69) is 5.10 Å². The maximum atomic E-state index is 15.3. The molecular weight excluding hydrogens is 428 g/mol. The number of H-pyrrole nitrogens is 1. The smallest absolute Gasteiger partial charge is 0.404 e. The molecule has 2 aliphatic heterocycles. The first-order chi connectivity index (χ1) is 14.2. The van der Waals surface area contributed by atoms with Gasteiger partial charge < -0.3 is 19.5 Å². The number of alkyl halides is 1. The zero-order chi connectivity index (χ0) is 21.6. The van der Waals surface area contributed by atoms with Gasteiger partial charge in [-0.2, -0.15) is 9.78 Å². The maximum absolute atomic E-state index is 15.3. The molecule has 0 saturated carbocycles. The Balaban J connectivity index is 1.54. The van der Waals surface area contributed by atoms with Gasteiger partial charge in [-0.05, 0) is 6.07 Å². The summed E-state index contributed by atoms with van der Waals surface area (Å²) in [5, 5.41) is 23.6. The van der Waals surface area contributed by atoms with Gasteiger partial charge in [0, 0.05) is 12.0 Å². The average molecular weight is 445 g/mol. The number of phosphoric acid groups is 1. The second kappa shape index (κ2) is 7.38. The van der Waals surface area contributed by atoms with E-state index in [4.69, 9.17) is 18.3 Å². The lowest BCUT2D eigenvalue weighted by atomic mass is 10.1. The minimum Gasteiger partial charge on any atom is -0.404 e. The fourth-order valence-corrected chi connectivity index (χ4v) is 4.47. The summed E-state index contributed by atoms with van der Waals surface area (Å²) in [4.78, 5) is 25.1. The normalized spacial score (nSPS) is 33.1. The number of rotatable bonds is 5. The minimum atomic E-state index is -4.19. The van der Waals surface area contributed by atoms with Crippen molar-refractivity contribution in [2.75, 3.05) is 13.2 Å². The molecule has 0 amide bonds. The number of fused-ring (bicyclic) bond motifs is 1. The minimum absolute atomic E-state index is 0.0898. The molecule has 1 aromatic heterocycles. The third-order valence-electron chi connectivity index (χ3n) is 4.68. The molecule has 30 heavy (non-hydrogen) atoms. The second-order valence-corrected chi connectivity index (χ2v) is 8.35. The molecule has 162 valence electrons. The number of hydrogen-bond acceptors (Lipinski definition) is 10. The number of ether oxygens (including phenoxy) is 1. The van der Waals surface area contributed by atoms with Gasteiger partial charge in [0.05, 0.1) is 13.2 Å². The van der Waals surface area contributed by atoms with E-state index in [9.17, 15) is 24.4 Å². The Kier molecular flexibility index (Phi) is 5.12. The van der Waals surface area contributed by atoms with Gasteiger partial charge in [-0.3, -0.25) is 18.8 Å².